The Morgan fingerprint density at radius 3 is 2.88 bits per heavy atom. The minimum Gasteiger partial charge on any atom is -0.394 e. The Labute approximate surface area is 149 Å². The first-order valence-corrected chi connectivity index (χ1v) is 8.16. The highest BCUT2D eigenvalue weighted by Crippen LogP contribution is 2.30. The van der Waals surface area contributed by atoms with Crippen LogP contribution in [0.2, 0.25) is 0 Å². The molecular weight excluding hydrogens is 343 g/mol. The number of nitrogens with one attached hydrogen (secondary N) is 1. The van der Waals surface area contributed by atoms with Crippen LogP contribution in [0.1, 0.15) is 34.3 Å². The van der Waals surface area contributed by atoms with Crippen LogP contribution in [0, 0.1) is 17.7 Å². The Balaban J connectivity index is 1.83. The van der Waals surface area contributed by atoms with Crippen LogP contribution in [0.25, 0.3) is 0 Å². The molecule has 8 heteroatoms. The number of aliphatic hydroxyl groups is 1. The number of benzene rings is 1. The molecule has 1 aromatic carbocycles. The summed E-state index contributed by atoms with van der Waals surface area (Å²) >= 11 is 0. The lowest BCUT2D eigenvalue weighted by atomic mass is 10.0. The summed E-state index contributed by atoms with van der Waals surface area (Å²) in [4.78, 5) is 37.3. The number of fused-ring (bicyclic) bond motifs is 1. The molecule has 2 heterocycles. The largest absolute Gasteiger partial charge is 0.394 e. The molecule has 0 aromatic heterocycles. The number of nitrogens with zero attached hydrogens (tertiary/aromatic N) is 1. The van der Waals surface area contributed by atoms with E-state index in [2.05, 4.69) is 17.2 Å². The number of ether oxygens (including phenoxy) is 1. The van der Waals surface area contributed by atoms with Gasteiger partial charge in [-0.1, -0.05) is 11.8 Å². The van der Waals surface area contributed by atoms with Crippen LogP contribution < -0.4 is 5.32 Å². The van der Waals surface area contributed by atoms with Gasteiger partial charge in [0.25, 0.3) is 5.91 Å². The molecule has 0 saturated carbocycles. The number of hydrogen-bond donors (Lipinski definition) is 2. The van der Waals surface area contributed by atoms with Crippen molar-refractivity contribution in [2.24, 2.45) is 0 Å². The van der Waals surface area contributed by atoms with Gasteiger partial charge in [-0.05, 0) is 18.6 Å². The van der Waals surface area contributed by atoms with Crippen molar-refractivity contribution < 1.29 is 28.6 Å². The third-order valence-corrected chi connectivity index (χ3v) is 4.25. The second-order valence-corrected chi connectivity index (χ2v) is 5.96. The molecule has 1 unspecified atom stereocenters. The van der Waals surface area contributed by atoms with Crippen molar-refractivity contribution in [1.29, 1.82) is 0 Å². The van der Waals surface area contributed by atoms with E-state index in [9.17, 15) is 18.8 Å². The van der Waals surface area contributed by atoms with Gasteiger partial charge in [-0.2, -0.15) is 0 Å². The van der Waals surface area contributed by atoms with Gasteiger partial charge < -0.3 is 14.7 Å². The van der Waals surface area contributed by atoms with E-state index in [1.807, 2.05) is 0 Å². The Morgan fingerprint density at radius 2 is 2.15 bits per heavy atom. The molecule has 7 nitrogen and oxygen atoms in total. The average molecular weight is 360 g/mol. The molecule has 2 aliphatic rings. The number of carbonyl (C=O) groups is 3. The topological polar surface area (TPSA) is 95.9 Å². The van der Waals surface area contributed by atoms with Crippen molar-refractivity contribution in [3.8, 4) is 11.8 Å². The molecule has 2 aliphatic heterocycles. The summed E-state index contributed by atoms with van der Waals surface area (Å²) in [6.45, 7) is 0.225. The molecule has 0 bridgehead atoms. The van der Waals surface area contributed by atoms with Crippen LogP contribution >= 0.6 is 0 Å². The third-order valence-electron chi connectivity index (χ3n) is 4.25. The van der Waals surface area contributed by atoms with Gasteiger partial charge in [-0.25, -0.2) is 4.39 Å². The van der Waals surface area contributed by atoms with Gasteiger partial charge in [0, 0.05) is 29.7 Å². The fourth-order valence-corrected chi connectivity index (χ4v) is 3.06. The van der Waals surface area contributed by atoms with E-state index in [4.69, 9.17) is 9.84 Å². The number of aliphatic hydroxyl groups excluding tert-OH is 1. The average Bonchev–Trinajstić information content (AvgIpc) is 2.92. The van der Waals surface area contributed by atoms with Gasteiger partial charge >= 0.3 is 0 Å². The summed E-state index contributed by atoms with van der Waals surface area (Å²) in [5.41, 5.74) is 1.08. The Kier molecular flexibility index (Phi) is 5.30. The van der Waals surface area contributed by atoms with Crippen molar-refractivity contribution in [2.45, 2.75) is 25.4 Å². The fraction of sp³-hybridized carbons (Fsp3) is 0.389. The number of halogens is 1. The van der Waals surface area contributed by atoms with E-state index in [-0.39, 0.29) is 50.7 Å². The Morgan fingerprint density at radius 1 is 1.35 bits per heavy atom. The number of rotatable bonds is 4. The van der Waals surface area contributed by atoms with Gasteiger partial charge in [0.2, 0.25) is 11.8 Å². The first kappa shape index (κ1) is 18.0. The Hall–Kier alpha value is -2.76. The number of amides is 3. The fourth-order valence-electron chi connectivity index (χ4n) is 3.06. The third kappa shape index (κ3) is 3.59. The highest BCUT2D eigenvalue weighted by molar-refractivity contribution is 6.05. The van der Waals surface area contributed by atoms with Crippen LogP contribution in [-0.4, -0.2) is 53.6 Å². The van der Waals surface area contributed by atoms with Crippen molar-refractivity contribution >= 4 is 17.7 Å². The summed E-state index contributed by atoms with van der Waals surface area (Å²) in [7, 11) is 0. The van der Waals surface area contributed by atoms with Crippen molar-refractivity contribution in [1.82, 2.24) is 10.2 Å². The van der Waals surface area contributed by atoms with Gasteiger partial charge in [0.1, 0.15) is 18.5 Å². The molecule has 0 spiro atoms. The van der Waals surface area contributed by atoms with Crippen LogP contribution in [0.4, 0.5) is 4.39 Å². The zero-order chi connectivity index (χ0) is 18.7. The van der Waals surface area contributed by atoms with E-state index in [0.717, 1.165) is 6.07 Å². The maximum absolute atomic E-state index is 13.9. The summed E-state index contributed by atoms with van der Waals surface area (Å²) < 4.78 is 18.9. The highest BCUT2D eigenvalue weighted by atomic mass is 19.1. The normalized spacial score (nSPS) is 19.1. The standard InChI is InChI=1S/C18H17FN2O5/c19-12-8-11(2-1-6-26-7-5-22)14-10-21(18(25)13(14)9-12)15-3-4-16(23)20-17(15)24/h8-9,15,22H,3-7,10H2,(H,20,23,24). The van der Waals surface area contributed by atoms with Gasteiger partial charge in [0.05, 0.1) is 13.2 Å². The predicted molar refractivity (Wildman–Crippen MR) is 87.2 cm³/mol. The van der Waals surface area contributed by atoms with Gasteiger partial charge in [-0.15, -0.1) is 0 Å². The molecule has 2 N–H and O–H groups in total. The summed E-state index contributed by atoms with van der Waals surface area (Å²) in [5.74, 6) is 3.56. The van der Waals surface area contributed by atoms with E-state index in [1.165, 1.54) is 11.0 Å². The van der Waals surface area contributed by atoms with Crippen LogP contribution in [0.15, 0.2) is 12.1 Å². The highest BCUT2D eigenvalue weighted by Gasteiger charge is 2.40. The summed E-state index contributed by atoms with van der Waals surface area (Å²) in [6.07, 6.45) is 0.392. The monoisotopic (exact) mass is 360 g/mol. The molecule has 3 amide bonds. The minimum absolute atomic E-state index is 0.0661. The SMILES string of the molecule is O=C1CCC(N2Cc3c(C#CCOCCO)cc(F)cc3C2=O)C(=O)N1. The zero-order valence-electron chi connectivity index (χ0n) is 13.9. The van der Waals surface area contributed by atoms with Crippen LogP contribution in [0.3, 0.4) is 0 Å². The number of carbonyl (C=O) groups excluding carboxylic acids is 3. The van der Waals surface area contributed by atoms with Crippen molar-refractivity contribution in [3.63, 3.8) is 0 Å². The first-order valence-electron chi connectivity index (χ1n) is 8.16. The summed E-state index contributed by atoms with van der Waals surface area (Å²) in [6, 6.07) is 1.61. The molecule has 3 rings (SSSR count). The smallest absolute Gasteiger partial charge is 0.255 e. The second kappa shape index (κ2) is 7.64. The summed E-state index contributed by atoms with van der Waals surface area (Å²) in [5, 5.41) is 10.9. The Bertz CT molecular complexity index is 827. The lowest BCUT2D eigenvalue weighted by Gasteiger charge is -2.29. The minimum atomic E-state index is -0.760. The van der Waals surface area contributed by atoms with Crippen molar-refractivity contribution in [2.75, 3.05) is 19.8 Å². The van der Waals surface area contributed by atoms with Crippen LogP contribution in [0.5, 0.6) is 0 Å². The van der Waals surface area contributed by atoms with Crippen LogP contribution in [-0.2, 0) is 20.9 Å². The quantitative estimate of drug-likeness (QED) is 0.446. The van der Waals surface area contributed by atoms with E-state index >= 15 is 0 Å². The van der Waals surface area contributed by atoms with E-state index < -0.39 is 23.7 Å². The zero-order valence-corrected chi connectivity index (χ0v) is 13.9. The van der Waals surface area contributed by atoms with Crippen molar-refractivity contribution in [3.05, 3.63) is 34.6 Å². The lowest BCUT2D eigenvalue weighted by Crippen LogP contribution is -2.52. The van der Waals surface area contributed by atoms with E-state index in [0.29, 0.717) is 11.1 Å². The first-order chi connectivity index (χ1) is 12.5. The maximum Gasteiger partial charge on any atom is 0.255 e. The molecular formula is C18H17FN2O5. The number of imide groups is 1. The second-order valence-electron chi connectivity index (χ2n) is 5.96. The molecule has 1 atom stereocenters. The molecule has 136 valence electrons. The van der Waals surface area contributed by atoms with E-state index in [1.54, 1.807) is 0 Å². The molecule has 1 saturated heterocycles. The number of piperidine rings is 1. The van der Waals surface area contributed by atoms with Gasteiger partial charge in [-0.3, -0.25) is 19.7 Å². The lowest BCUT2D eigenvalue weighted by molar-refractivity contribution is -0.136. The molecule has 0 radical (unpaired) electrons. The number of hydrogen-bond acceptors (Lipinski definition) is 5. The van der Waals surface area contributed by atoms with Gasteiger partial charge in [0.15, 0.2) is 0 Å². The molecule has 0 aliphatic carbocycles. The molecule has 26 heavy (non-hydrogen) atoms. The molecule has 1 aromatic rings. The maximum atomic E-state index is 13.9. The predicted octanol–water partition coefficient (Wildman–Crippen LogP) is -0.0529. The molecule has 1 fully saturated rings.